The molecule has 2 aromatic rings. The lowest BCUT2D eigenvalue weighted by molar-refractivity contribution is 0.982. The second kappa shape index (κ2) is 4.95. The number of rotatable bonds is 4. The van der Waals surface area contributed by atoms with E-state index >= 15 is 0 Å². The SMILES string of the molecule is Cc1cc(NN)nc(CSc2ncc[nH]2)n1. The number of anilines is 1. The highest BCUT2D eigenvalue weighted by Crippen LogP contribution is 2.17. The summed E-state index contributed by atoms with van der Waals surface area (Å²) in [5.41, 5.74) is 3.40. The number of nitrogens with two attached hydrogens (primary N) is 1. The van der Waals surface area contributed by atoms with Gasteiger partial charge in [-0.05, 0) is 6.92 Å². The zero-order chi connectivity index (χ0) is 11.4. The number of hydrogen-bond acceptors (Lipinski definition) is 6. The van der Waals surface area contributed by atoms with Gasteiger partial charge in [-0.1, -0.05) is 11.8 Å². The summed E-state index contributed by atoms with van der Waals surface area (Å²) >= 11 is 1.55. The van der Waals surface area contributed by atoms with Gasteiger partial charge >= 0.3 is 0 Å². The number of nitrogens with one attached hydrogen (secondary N) is 2. The predicted molar refractivity (Wildman–Crippen MR) is 62.7 cm³/mol. The molecule has 0 atom stereocenters. The molecule has 0 radical (unpaired) electrons. The zero-order valence-electron chi connectivity index (χ0n) is 8.77. The Kier molecular flexibility index (Phi) is 3.37. The van der Waals surface area contributed by atoms with Crippen LogP contribution in [0.25, 0.3) is 0 Å². The van der Waals surface area contributed by atoms with E-state index < -0.39 is 0 Å². The van der Waals surface area contributed by atoms with Gasteiger partial charge in [-0.15, -0.1) is 0 Å². The molecule has 0 aliphatic heterocycles. The minimum absolute atomic E-state index is 0.627. The van der Waals surface area contributed by atoms with Crippen LogP contribution in [0.2, 0.25) is 0 Å². The smallest absolute Gasteiger partial charge is 0.165 e. The van der Waals surface area contributed by atoms with Crippen molar-refractivity contribution in [3.05, 3.63) is 30.0 Å². The number of hydrogen-bond donors (Lipinski definition) is 3. The summed E-state index contributed by atoms with van der Waals surface area (Å²) in [5.74, 6) is 7.33. The molecule has 0 fully saturated rings. The molecule has 0 unspecified atom stereocenters. The minimum Gasteiger partial charge on any atom is -0.340 e. The van der Waals surface area contributed by atoms with Gasteiger partial charge in [0, 0.05) is 24.2 Å². The Morgan fingerprint density at radius 3 is 3.06 bits per heavy atom. The van der Waals surface area contributed by atoms with Gasteiger partial charge in [0.05, 0.1) is 5.75 Å². The maximum absolute atomic E-state index is 5.31. The van der Waals surface area contributed by atoms with Crippen LogP contribution in [-0.4, -0.2) is 19.9 Å². The van der Waals surface area contributed by atoms with Crippen LogP contribution in [0.5, 0.6) is 0 Å². The number of imidazole rings is 1. The zero-order valence-corrected chi connectivity index (χ0v) is 9.58. The van der Waals surface area contributed by atoms with Crippen LogP contribution in [0.15, 0.2) is 23.6 Å². The van der Waals surface area contributed by atoms with Crippen molar-refractivity contribution >= 4 is 17.6 Å². The molecule has 0 aliphatic carbocycles. The standard InChI is InChI=1S/C9H12N6S/c1-6-4-7(15-10)14-8(13-6)5-16-9-11-2-3-12-9/h2-4H,5,10H2,1H3,(H,11,12)(H,13,14,15). The largest absolute Gasteiger partial charge is 0.340 e. The molecule has 16 heavy (non-hydrogen) atoms. The Balaban J connectivity index is 2.06. The van der Waals surface area contributed by atoms with Crippen molar-refractivity contribution < 1.29 is 0 Å². The molecule has 2 rings (SSSR count). The van der Waals surface area contributed by atoms with Crippen LogP contribution in [0.4, 0.5) is 5.82 Å². The van der Waals surface area contributed by atoms with E-state index in [1.807, 2.05) is 6.92 Å². The first-order valence-electron chi connectivity index (χ1n) is 4.71. The summed E-state index contributed by atoms with van der Waals surface area (Å²) in [7, 11) is 0. The molecule has 0 aliphatic rings. The van der Waals surface area contributed by atoms with Crippen molar-refractivity contribution in [1.82, 2.24) is 19.9 Å². The number of hydrazine groups is 1. The molecule has 0 amide bonds. The van der Waals surface area contributed by atoms with E-state index in [9.17, 15) is 0 Å². The summed E-state index contributed by atoms with van der Waals surface area (Å²) < 4.78 is 0. The van der Waals surface area contributed by atoms with E-state index in [1.165, 1.54) is 0 Å². The molecular formula is C9H12N6S. The Morgan fingerprint density at radius 2 is 2.38 bits per heavy atom. The number of H-pyrrole nitrogens is 1. The van der Waals surface area contributed by atoms with Gasteiger partial charge in [0.2, 0.25) is 0 Å². The fourth-order valence-corrected chi connectivity index (χ4v) is 1.91. The molecule has 7 heteroatoms. The van der Waals surface area contributed by atoms with Crippen molar-refractivity contribution in [1.29, 1.82) is 0 Å². The second-order valence-electron chi connectivity index (χ2n) is 3.14. The van der Waals surface area contributed by atoms with E-state index in [-0.39, 0.29) is 0 Å². The molecule has 0 saturated heterocycles. The van der Waals surface area contributed by atoms with E-state index in [4.69, 9.17) is 5.84 Å². The van der Waals surface area contributed by atoms with Crippen LogP contribution in [0, 0.1) is 6.92 Å². The molecule has 84 valence electrons. The van der Waals surface area contributed by atoms with Gasteiger partial charge in [-0.3, -0.25) is 0 Å². The van der Waals surface area contributed by atoms with Gasteiger partial charge < -0.3 is 10.4 Å². The normalized spacial score (nSPS) is 10.4. The number of aryl methyl sites for hydroxylation is 1. The van der Waals surface area contributed by atoms with E-state index in [1.54, 1.807) is 30.2 Å². The summed E-state index contributed by atoms with van der Waals surface area (Å²) in [5, 5.41) is 0.854. The van der Waals surface area contributed by atoms with Gasteiger partial charge in [-0.25, -0.2) is 20.8 Å². The summed E-state index contributed by atoms with van der Waals surface area (Å²) in [6.07, 6.45) is 3.50. The lowest BCUT2D eigenvalue weighted by Gasteiger charge is -2.03. The Bertz CT molecular complexity index is 455. The second-order valence-corrected chi connectivity index (χ2v) is 4.10. The van der Waals surface area contributed by atoms with Crippen molar-refractivity contribution in [2.24, 2.45) is 5.84 Å². The average Bonchev–Trinajstić information content (AvgIpc) is 2.78. The molecule has 0 spiro atoms. The highest BCUT2D eigenvalue weighted by Gasteiger charge is 2.03. The summed E-state index contributed by atoms with van der Waals surface area (Å²) in [6, 6.07) is 1.79. The maximum atomic E-state index is 5.31. The lowest BCUT2D eigenvalue weighted by atomic mass is 10.4. The topological polar surface area (TPSA) is 92.5 Å². The van der Waals surface area contributed by atoms with Crippen LogP contribution < -0.4 is 11.3 Å². The fraction of sp³-hybridized carbons (Fsp3) is 0.222. The Morgan fingerprint density at radius 1 is 1.50 bits per heavy atom. The molecule has 0 aromatic carbocycles. The van der Waals surface area contributed by atoms with Crippen molar-refractivity contribution in [2.75, 3.05) is 5.43 Å². The number of nitrogens with zero attached hydrogens (tertiary/aromatic N) is 3. The highest BCUT2D eigenvalue weighted by atomic mass is 32.2. The first-order chi connectivity index (χ1) is 7.78. The van der Waals surface area contributed by atoms with Gasteiger partial charge in [0.1, 0.15) is 11.6 Å². The average molecular weight is 236 g/mol. The first kappa shape index (κ1) is 10.9. The van der Waals surface area contributed by atoms with E-state index in [2.05, 4.69) is 25.4 Å². The number of aromatic amines is 1. The van der Waals surface area contributed by atoms with E-state index in [0.29, 0.717) is 11.6 Å². The predicted octanol–water partition coefficient (Wildman–Crippen LogP) is 1.09. The Hall–Kier alpha value is -1.60. The van der Waals surface area contributed by atoms with Crippen molar-refractivity contribution in [2.45, 2.75) is 17.8 Å². The monoisotopic (exact) mass is 236 g/mol. The van der Waals surface area contributed by atoms with Crippen LogP contribution in [0.3, 0.4) is 0 Å². The van der Waals surface area contributed by atoms with Crippen LogP contribution in [-0.2, 0) is 5.75 Å². The van der Waals surface area contributed by atoms with Gasteiger partial charge in [0.15, 0.2) is 5.16 Å². The molecule has 0 saturated carbocycles. The van der Waals surface area contributed by atoms with Gasteiger partial charge in [-0.2, -0.15) is 0 Å². The van der Waals surface area contributed by atoms with Crippen LogP contribution in [0.1, 0.15) is 11.5 Å². The van der Waals surface area contributed by atoms with Crippen molar-refractivity contribution in [3.8, 4) is 0 Å². The highest BCUT2D eigenvalue weighted by molar-refractivity contribution is 7.98. The molecular weight excluding hydrogens is 224 g/mol. The van der Waals surface area contributed by atoms with Crippen LogP contribution >= 0.6 is 11.8 Å². The van der Waals surface area contributed by atoms with E-state index in [0.717, 1.165) is 16.7 Å². The molecule has 4 N–H and O–H groups in total. The quantitative estimate of drug-likeness (QED) is 0.418. The molecule has 2 aromatic heterocycles. The summed E-state index contributed by atoms with van der Waals surface area (Å²) in [4.78, 5) is 15.7. The Labute approximate surface area is 97.1 Å². The molecule has 2 heterocycles. The third kappa shape index (κ3) is 2.71. The fourth-order valence-electron chi connectivity index (χ4n) is 1.23. The third-order valence-electron chi connectivity index (χ3n) is 1.86. The number of aromatic nitrogens is 4. The molecule has 0 bridgehead atoms. The summed E-state index contributed by atoms with van der Waals surface area (Å²) in [6.45, 7) is 1.91. The molecule has 6 nitrogen and oxygen atoms in total. The van der Waals surface area contributed by atoms with Crippen molar-refractivity contribution in [3.63, 3.8) is 0 Å². The maximum Gasteiger partial charge on any atom is 0.165 e. The first-order valence-corrected chi connectivity index (χ1v) is 5.70. The third-order valence-corrected chi connectivity index (χ3v) is 2.76. The number of nitrogen functional groups attached to an aromatic ring is 1. The minimum atomic E-state index is 0.627. The number of thioether (sulfide) groups is 1. The lowest BCUT2D eigenvalue weighted by Crippen LogP contribution is -2.10. The van der Waals surface area contributed by atoms with Gasteiger partial charge in [0.25, 0.3) is 0 Å².